The van der Waals surface area contributed by atoms with Crippen molar-refractivity contribution in [1.82, 2.24) is 5.32 Å². The zero-order valence-electron chi connectivity index (χ0n) is 50.1. The van der Waals surface area contributed by atoms with Crippen LogP contribution in [0.25, 0.3) is 0 Å². The number of unbranched alkanes of at least 4 members (excludes halogenated alkanes) is 31. The van der Waals surface area contributed by atoms with Gasteiger partial charge in [0.2, 0.25) is 5.91 Å². The normalized spacial score (nSPS) is 19.3. The van der Waals surface area contributed by atoms with Crippen LogP contribution in [0.4, 0.5) is 0 Å². The first kappa shape index (κ1) is 73.1. The third-order valence-corrected chi connectivity index (χ3v) is 14.9. The summed E-state index contributed by atoms with van der Waals surface area (Å²) in [5.41, 5.74) is 0. The van der Waals surface area contributed by atoms with Crippen molar-refractivity contribution in [2.45, 2.75) is 320 Å². The highest BCUT2D eigenvalue weighted by Crippen LogP contribution is 2.23. The second kappa shape index (κ2) is 57.3. The number of aliphatic hydroxyl groups is 5. The smallest absolute Gasteiger partial charge is 0.220 e. The fourth-order valence-corrected chi connectivity index (χ4v) is 9.83. The van der Waals surface area contributed by atoms with Crippen molar-refractivity contribution in [1.29, 1.82) is 0 Å². The van der Waals surface area contributed by atoms with Gasteiger partial charge in [0.25, 0.3) is 0 Å². The van der Waals surface area contributed by atoms with Crippen molar-refractivity contribution in [3.05, 3.63) is 97.2 Å². The van der Waals surface area contributed by atoms with E-state index in [1.54, 1.807) is 6.08 Å². The van der Waals surface area contributed by atoms with Gasteiger partial charge in [-0.1, -0.05) is 284 Å². The van der Waals surface area contributed by atoms with Gasteiger partial charge in [-0.25, -0.2) is 0 Å². The van der Waals surface area contributed by atoms with Crippen LogP contribution in [0.5, 0.6) is 0 Å². The Morgan fingerprint density at radius 3 is 1.23 bits per heavy atom. The molecule has 1 aliphatic rings. The molecule has 78 heavy (non-hydrogen) atoms. The lowest BCUT2D eigenvalue weighted by Gasteiger charge is -2.40. The second-order valence-corrected chi connectivity index (χ2v) is 22.2. The van der Waals surface area contributed by atoms with Gasteiger partial charge in [0.15, 0.2) is 6.29 Å². The van der Waals surface area contributed by atoms with Gasteiger partial charge in [-0.2, -0.15) is 0 Å². The highest BCUT2D eigenvalue weighted by Gasteiger charge is 2.44. The number of aliphatic hydroxyl groups excluding tert-OH is 5. The summed E-state index contributed by atoms with van der Waals surface area (Å²) in [7, 11) is 0. The van der Waals surface area contributed by atoms with E-state index in [2.05, 4.69) is 104 Å². The van der Waals surface area contributed by atoms with Crippen LogP contribution in [0.15, 0.2) is 97.2 Å². The lowest BCUT2D eigenvalue weighted by atomic mass is 9.99. The van der Waals surface area contributed by atoms with Gasteiger partial charge in [-0.05, 0) is 83.5 Å². The van der Waals surface area contributed by atoms with Gasteiger partial charge in [0.1, 0.15) is 24.4 Å². The molecule has 0 aliphatic carbocycles. The van der Waals surface area contributed by atoms with E-state index in [0.717, 1.165) is 77.0 Å². The van der Waals surface area contributed by atoms with Crippen LogP contribution in [0.3, 0.4) is 0 Å². The Kier molecular flexibility index (Phi) is 53.8. The molecule has 7 unspecified atom stereocenters. The molecule has 1 aliphatic heterocycles. The number of carbonyl (C=O) groups is 1. The number of hydrogen-bond donors (Lipinski definition) is 6. The summed E-state index contributed by atoms with van der Waals surface area (Å²) in [4.78, 5) is 13.1. The van der Waals surface area contributed by atoms with Crippen molar-refractivity contribution in [3.8, 4) is 0 Å². The lowest BCUT2D eigenvalue weighted by molar-refractivity contribution is -0.302. The van der Waals surface area contributed by atoms with E-state index < -0.39 is 49.5 Å². The third-order valence-electron chi connectivity index (χ3n) is 14.9. The van der Waals surface area contributed by atoms with Crippen LogP contribution in [0.1, 0.15) is 277 Å². The van der Waals surface area contributed by atoms with Crippen molar-refractivity contribution in [3.63, 3.8) is 0 Å². The molecule has 1 amide bonds. The van der Waals surface area contributed by atoms with Crippen molar-refractivity contribution < 1.29 is 39.8 Å². The maximum absolute atomic E-state index is 13.1. The van der Waals surface area contributed by atoms with E-state index in [9.17, 15) is 30.3 Å². The van der Waals surface area contributed by atoms with Gasteiger partial charge in [-0.15, -0.1) is 0 Å². The largest absolute Gasteiger partial charge is 0.394 e. The predicted octanol–water partition coefficient (Wildman–Crippen LogP) is 17.1. The minimum absolute atomic E-state index is 0.188. The molecule has 7 atom stereocenters. The van der Waals surface area contributed by atoms with Crippen LogP contribution < -0.4 is 5.32 Å². The molecule has 0 aromatic rings. The molecule has 0 spiro atoms. The van der Waals surface area contributed by atoms with Gasteiger partial charge >= 0.3 is 0 Å². The van der Waals surface area contributed by atoms with E-state index in [0.29, 0.717) is 6.42 Å². The number of nitrogens with one attached hydrogen (secondary N) is 1. The number of carbonyl (C=O) groups excluding carboxylic acids is 1. The fraction of sp³-hybridized carbons (Fsp3) is 0.754. The molecule has 1 rings (SSSR count). The molecule has 0 radical (unpaired) electrons. The molecule has 0 bridgehead atoms. The number of rotatable bonds is 55. The van der Waals surface area contributed by atoms with Gasteiger partial charge in [0.05, 0.1) is 25.4 Å². The number of amides is 1. The average molecular weight is 1090 g/mol. The maximum atomic E-state index is 13.1. The molecule has 0 aromatic carbocycles. The molecule has 9 nitrogen and oxygen atoms in total. The summed E-state index contributed by atoms with van der Waals surface area (Å²) in [5, 5.41) is 54.6. The third kappa shape index (κ3) is 45.8. The molecule has 1 fully saturated rings. The quantitative estimate of drug-likeness (QED) is 0.0261. The zero-order valence-corrected chi connectivity index (χ0v) is 50.1. The predicted molar refractivity (Wildman–Crippen MR) is 331 cm³/mol. The first-order valence-corrected chi connectivity index (χ1v) is 32.5. The first-order chi connectivity index (χ1) is 38.3. The summed E-state index contributed by atoms with van der Waals surface area (Å²) in [6.07, 6.45) is 76.3. The molecular weight excluding hydrogens is 971 g/mol. The zero-order chi connectivity index (χ0) is 56.5. The molecular formula is C69H121NO8. The Hall–Kier alpha value is -2.89. The Morgan fingerprint density at radius 1 is 0.449 bits per heavy atom. The van der Waals surface area contributed by atoms with Crippen molar-refractivity contribution in [2.75, 3.05) is 13.2 Å². The van der Waals surface area contributed by atoms with E-state index in [-0.39, 0.29) is 12.5 Å². The minimum atomic E-state index is -1.58. The summed E-state index contributed by atoms with van der Waals surface area (Å²) in [6.45, 7) is 3.67. The molecule has 450 valence electrons. The van der Waals surface area contributed by atoms with Crippen LogP contribution in [-0.4, -0.2) is 87.5 Å². The highest BCUT2D eigenvalue weighted by molar-refractivity contribution is 5.76. The van der Waals surface area contributed by atoms with Crippen LogP contribution in [-0.2, 0) is 14.3 Å². The summed E-state index contributed by atoms with van der Waals surface area (Å²) < 4.78 is 11.3. The molecule has 0 aromatic heterocycles. The summed E-state index contributed by atoms with van der Waals surface area (Å²) in [5.74, 6) is -0.188. The van der Waals surface area contributed by atoms with E-state index in [4.69, 9.17) is 9.47 Å². The van der Waals surface area contributed by atoms with Crippen molar-refractivity contribution in [2.24, 2.45) is 0 Å². The summed E-state index contributed by atoms with van der Waals surface area (Å²) in [6, 6.07) is -0.828. The molecule has 0 saturated carbocycles. The maximum Gasteiger partial charge on any atom is 0.220 e. The monoisotopic (exact) mass is 1090 g/mol. The summed E-state index contributed by atoms with van der Waals surface area (Å²) >= 11 is 0. The van der Waals surface area contributed by atoms with Crippen LogP contribution in [0.2, 0.25) is 0 Å². The van der Waals surface area contributed by atoms with Crippen LogP contribution >= 0.6 is 0 Å². The second-order valence-electron chi connectivity index (χ2n) is 22.2. The fourth-order valence-electron chi connectivity index (χ4n) is 9.83. The van der Waals surface area contributed by atoms with Crippen LogP contribution in [0, 0.1) is 0 Å². The topological polar surface area (TPSA) is 149 Å². The Morgan fingerprint density at radius 2 is 0.808 bits per heavy atom. The van der Waals surface area contributed by atoms with Gasteiger partial charge in [-0.3, -0.25) is 4.79 Å². The molecule has 1 heterocycles. The number of hydrogen-bond acceptors (Lipinski definition) is 8. The standard InChI is InChI=1S/C69H121NO8/c1-3-5-7-9-11-13-15-17-19-21-23-25-27-28-29-30-31-32-33-34-35-36-37-39-41-43-45-47-49-51-53-55-57-59-65(73)70-62(61-77-69-68(76)67(75)66(74)64(60-71)78-69)63(72)58-56-54-52-50-48-46-44-42-40-38-26-24-22-20-18-16-14-12-10-8-6-4-2/h5,7,11,13,17,19,23,25,28-29,31-32,48,50,56,58,62-64,66-69,71-72,74-76H,3-4,6,8-10,12,14-16,18,20-22,24,26-27,30,33-47,49,51-55,57,59-61H2,1-2H3,(H,70,73)/b7-5-,13-11-,19-17-,25-23-,29-28-,32-31-,50-48+,58-56+. The van der Waals surface area contributed by atoms with E-state index in [1.165, 1.54) is 180 Å². The van der Waals surface area contributed by atoms with Gasteiger partial charge < -0.3 is 40.3 Å². The van der Waals surface area contributed by atoms with Crippen molar-refractivity contribution >= 4 is 5.91 Å². The van der Waals surface area contributed by atoms with E-state index in [1.807, 2.05) is 6.08 Å². The molecule has 6 N–H and O–H groups in total. The van der Waals surface area contributed by atoms with E-state index >= 15 is 0 Å². The lowest BCUT2D eigenvalue weighted by Crippen LogP contribution is -2.60. The average Bonchev–Trinajstić information content (AvgIpc) is 3.45. The Balaban J connectivity index is 2.18. The number of ether oxygens (including phenoxy) is 2. The highest BCUT2D eigenvalue weighted by atomic mass is 16.7. The Labute approximate surface area is 479 Å². The Bertz CT molecular complexity index is 1550. The first-order valence-electron chi connectivity index (χ1n) is 32.5. The SMILES string of the molecule is CC/C=C\C/C=C\C/C=C\C/C=C\C/C=C\C/C=C\CCCCCCCCCCCCCCCCC(=O)NC(COC1OC(CO)C(O)C(O)C1O)C(O)/C=C/CC/C=C/CCCCCCCCCCCCCCCCCC. The molecule has 1 saturated heterocycles. The molecule has 9 heteroatoms. The van der Waals surface area contributed by atoms with Gasteiger partial charge in [0, 0.05) is 6.42 Å². The minimum Gasteiger partial charge on any atom is -0.394 e. The number of allylic oxidation sites excluding steroid dienone is 15.